The Kier molecular flexibility index (Phi) is 6.57. The Hall–Kier alpha value is -2.72. The van der Waals surface area contributed by atoms with Gasteiger partial charge in [0.25, 0.3) is 0 Å². The summed E-state index contributed by atoms with van der Waals surface area (Å²) >= 11 is 0. The van der Waals surface area contributed by atoms with Gasteiger partial charge < -0.3 is 14.6 Å². The Balaban J connectivity index is 2.14. The van der Waals surface area contributed by atoms with E-state index in [1.54, 1.807) is 13.8 Å². The van der Waals surface area contributed by atoms with E-state index in [-0.39, 0.29) is 17.2 Å². The molecule has 0 unspecified atom stereocenters. The number of benzene rings is 1. The summed E-state index contributed by atoms with van der Waals surface area (Å²) in [6.45, 7) is 2.98. The second-order valence-corrected chi connectivity index (χ2v) is 8.21. The lowest BCUT2D eigenvalue weighted by atomic mass is 10.2. The van der Waals surface area contributed by atoms with E-state index in [2.05, 4.69) is 5.32 Å². The van der Waals surface area contributed by atoms with Crippen LogP contribution < -0.4 is 5.32 Å². The Morgan fingerprint density at radius 1 is 1.29 bits per heavy atom. The van der Waals surface area contributed by atoms with Crippen LogP contribution in [0.15, 0.2) is 35.4 Å². The van der Waals surface area contributed by atoms with Crippen molar-refractivity contribution in [1.29, 1.82) is 0 Å². The third-order valence-electron chi connectivity index (χ3n) is 4.00. The maximum Gasteiger partial charge on any atom is 0.354 e. The van der Waals surface area contributed by atoms with Crippen LogP contribution in [0.1, 0.15) is 23.0 Å². The summed E-state index contributed by atoms with van der Waals surface area (Å²) in [4.78, 5) is 24.0. The standard InChI is InChI=1S/C18H22FN3O5S/c1-5-27-18(24)16-9-14(10-21(16)3)28(25,26)22(4)11-17(23)20-15-7-6-13(19)8-12(15)2/h6-10H,5,11H2,1-4H3,(H,20,23). The maximum absolute atomic E-state index is 13.1. The Morgan fingerprint density at radius 2 is 1.96 bits per heavy atom. The van der Waals surface area contributed by atoms with Crippen molar-refractivity contribution in [1.82, 2.24) is 8.87 Å². The third kappa shape index (κ3) is 4.76. The number of carbonyl (C=O) groups excluding carboxylic acids is 2. The molecule has 0 aliphatic heterocycles. The van der Waals surface area contributed by atoms with Gasteiger partial charge >= 0.3 is 5.97 Å². The average molecular weight is 411 g/mol. The number of ether oxygens (including phenoxy) is 1. The predicted molar refractivity (Wildman–Crippen MR) is 101 cm³/mol. The largest absolute Gasteiger partial charge is 0.461 e. The highest BCUT2D eigenvalue weighted by molar-refractivity contribution is 7.89. The molecule has 0 radical (unpaired) electrons. The SMILES string of the molecule is CCOC(=O)c1cc(S(=O)(=O)N(C)CC(=O)Nc2ccc(F)cc2C)cn1C. The first-order valence-electron chi connectivity index (χ1n) is 8.42. The van der Waals surface area contributed by atoms with Crippen LogP contribution >= 0.6 is 0 Å². The molecule has 0 spiro atoms. The number of aryl methyl sites for hydroxylation is 2. The van der Waals surface area contributed by atoms with Crippen LogP contribution in [-0.2, 0) is 26.6 Å². The smallest absolute Gasteiger partial charge is 0.354 e. The molecule has 1 N–H and O–H groups in total. The number of halogens is 1. The number of amides is 1. The molecule has 0 aliphatic rings. The summed E-state index contributed by atoms with van der Waals surface area (Å²) in [5, 5.41) is 2.55. The van der Waals surface area contributed by atoms with Crippen molar-refractivity contribution in [2.75, 3.05) is 25.5 Å². The number of hydrogen-bond donors (Lipinski definition) is 1. The number of sulfonamides is 1. The molecule has 10 heteroatoms. The number of hydrogen-bond acceptors (Lipinski definition) is 5. The Bertz CT molecular complexity index is 1000. The third-order valence-corrected chi connectivity index (χ3v) is 5.77. The second-order valence-electron chi connectivity index (χ2n) is 6.16. The number of esters is 1. The van der Waals surface area contributed by atoms with Gasteiger partial charge in [0.1, 0.15) is 16.4 Å². The van der Waals surface area contributed by atoms with Crippen molar-refractivity contribution in [2.24, 2.45) is 7.05 Å². The number of likely N-dealkylation sites (N-methyl/N-ethyl adjacent to an activating group) is 1. The molecule has 1 aromatic carbocycles. The molecule has 1 amide bonds. The van der Waals surface area contributed by atoms with Gasteiger partial charge in [0.05, 0.1) is 13.2 Å². The summed E-state index contributed by atoms with van der Waals surface area (Å²) in [7, 11) is -1.23. The van der Waals surface area contributed by atoms with E-state index in [0.29, 0.717) is 11.3 Å². The molecule has 2 rings (SSSR count). The monoisotopic (exact) mass is 411 g/mol. The normalized spacial score (nSPS) is 11.5. The summed E-state index contributed by atoms with van der Waals surface area (Å²) in [5.41, 5.74) is 0.989. The molecule has 28 heavy (non-hydrogen) atoms. The first-order valence-corrected chi connectivity index (χ1v) is 9.86. The zero-order chi connectivity index (χ0) is 21.1. The van der Waals surface area contributed by atoms with Crippen molar-refractivity contribution < 1.29 is 27.1 Å². The maximum atomic E-state index is 13.1. The quantitative estimate of drug-likeness (QED) is 0.702. The van der Waals surface area contributed by atoms with Gasteiger partial charge in [0.15, 0.2) is 0 Å². The number of aromatic nitrogens is 1. The van der Waals surface area contributed by atoms with E-state index in [4.69, 9.17) is 4.74 Å². The first-order chi connectivity index (χ1) is 13.1. The van der Waals surface area contributed by atoms with Crippen LogP contribution in [0.25, 0.3) is 0 Å². The van der Waals surface area contributed by atoms with Gasteiger partial charge in [-0.05, 0) is 43.7 Å². The fourth-order valence-electron chi connectivity index (χ4n) is 2.51. The highest BCUT2D eigenvalue weighted by Crippen LogP contribution is 2.19. The molecular weight excluding hydrogens is 389 g/mol. The molecule has 0 atom stereocenters. The highest BCUT2D eigenvalue weighted by Gasteiger charge is 2.26. The molecule has 8 nitrogen and oxygen atoms in total. The molecule has 0 saturated heterocycles. The lowest BCUT2D eigenvalue weighted by Gasteiger charge is -2.16. The zero-order valence-corrected chi connectivity index (χ0v) is 16.8. The van der Waals surface area contributed by atoms with Gasteiger partial charge in [0, 0.05) is 26.0 Å². The molecule has 0 bridgehead atoms. The van der Waals surface area contributed by atoms with E-state index in [1.807, 2.05) is 0 Å². The lowest BCUT2D eigenvalue weighted by molar-refractivity contribution is -0.116. The van der Waals surface area contributed by atoms with E-state index >= 15 is 0 Å². The molecule has 152 valence electrons. The van der Waals surface area contributed by atoms with Crippen LogP contribution in [-0.4, -0.2) is 49.4 Å². The lowest BCUT2D eigenvalue weighted by Crippen LogP contribution is -2.35. The highest BCUT2D eigenvalue weighted by atomic mass is 32.2. The average Bonchev–Trinajstić information content (AvgIpc) is 3.00. The summed E-state index contributed by atoms with van der Waals surface area (Å²) < 4.78 is 45.7. The second kappa shape index (κ2) is 8.53. The number of rotatable bonds is 7. The summed E-state index contributed by atoms with van der Waals surface area (Å²) in [6, 6.07) is 5.06. The molecule has 1 aromatic heterocycles. The molecule has 1 heterocycles. The van der Waals surface area contributed by atoms with Crippen LogP contribution in [0.2, 0.25) is 0 Å². The molecule has 0 fully saturated rings. The minimum Gasteiger partial charge on any atom is -0.461 e. The molecule has 2 aromatic rings. The van der Waals surface area contributed by atoms with Crippen LogP contribution in [0.4, 0.5) is 10.1 Å². The fraction of sp³-hybridized carbons (Fsp3) is 0.333. The number of carbonyl (C=O) groups is 2. The number of nitrogens with zero attached hydrogens (tertiary/aromatic N) is 2. The minimum atomic E-state index is -4.01. The topological polar surface area (TPSA) is 97.7 Å². The summed E-state index contributed by atoms with van der Waals surface area (Å²) in [6.07, 6.45) is 1.28. The van der Waals surface area contributed by atoms with Crippen molar-refractivity contribution in [3.05, 3.63) is 47.5 Å². The van der Waals surface area contributed by atoms with Crippen LogP contribution in [0, 0.1) is 12.7 Å². The molecule has 0 saturated carbocycles. The Morgan fingerprint density at radius 3 is 2.57 bits per heavy atom. The van der Waals surface area contributed by atoms with Crippen molar-refractivity contribution in [3.8, 4) is 0 Å². The fourth-order valence-corrected chi connectivity index (χ4v) is 3.71. The van der Waals surface area contributed by atoms with Gasteiger partial charge in [0.2, 0.25) is 15.9 Å². The van der Waals surface area contributed by atoms with Crippen LogP contribution in [0.5, 0.6) is 0 Å². The molecular formula is C18H22FN3O5S. The van der Waals surface area contributed by atoms with E-state index < -0.39 is 34.3 Å². The summed E-state index contributed by atoms with van der Waals surface area (Å²) in [5.74, 6) is -1.65. The van der Waals surface area contributed by atoms with Crippen molar-refractivity contribution >= 4 is 27.6 Å². The van der Waals surface area contributed by atoms with Gasteiger partial charge in [-0.2, -0.15) is 4.31 Å². The van der Waals surface area contributed by atoms with Gasteiger partial charge in [-0.15, -0.1) is 0 Å². The Labute approximate surface area is 162 Å². The van der Waals surface area contributed by atoms with Crippen LogP contribution in [0.3, 0.4) is 0 Å². The van der Waals surface area contributed by atoms with Crippen molar-refractivity contribution in [3.63, 3.8) is 0 Å². The predicted octanol–water partition coefficient (Wildman–Crippen LogP) is 1.91. The van der Waals surface area contributed by atoms with Gasteiger partial charge in [-0.3, -0.25) is 4.79 Å². The first kappa shape index (κ1) is 21.6. The number of anilines is 1. The van der Waals surface area contributed by atoms with Gasteiger partial charge in [-0.25, -0.2) is 17.6 Å². The van der Waals surface area contributed by atoms with Crippen molar-refractivity contribution in [2.45, 2.75) is 18.7 Å². The van der Waals surface area contributed by atoms with Gasteiger partial charge in [-0.1, -0.05) is 0 Å². The minimum absolute atomic E-state index is 0.0835. The van der Waals surface area contributed by atoms with E-state index in [9.17, 15) is 22.4 Å². The van der Waals surface area contributed by atoms with E-state index in [0.717, 1.165) is 4.31 Å². The molecule has 0 aliphatic carbocycles. The zero-order valence-electron chi connectivity index (χ0n) is 16.0. The van der Waals surface area contributed by atoms with E-state index in [1.165, 1.54) is 49.1 Å². The number of nitrogens with one attached hydrogen (secondary N) is 1.